The highest BCUT2D eigenvalue weighted by atomic mass is 16.6. The average Bonchev–Trinajstić information content (AvgIpc) is 2.84. The van der Waals surface area contributed by atoms with E-state index in [0.29, 0.717) is 24.3 Å². The largest absolute Gasteiger partial charge is 0.416 e. The number of nitrogens with zero attached hydrogens (tertiary/aromatic N) is 3. The fourth-order valence-corrected chi connectivity index (χ4v) is 4.68. The van der Waals surface area contributed by atoms with Gasteiger partial charge in [-0.05, 0) is 50.5 Å². The monoisotopic (exact) mass is 391 g/mol. The van der Waals surface area contributed by atoms with Gasteiger partial charge in [-0.25, -0.2) is 4.79 Å². The molecule has 5 heteroatoms. The molecule has 2 aromatic rings. The number of benzene rings is 1. The van der Waals surface area contributed by atoms with E-state index in [1.54, 1.807) is 6.92 Å². The molecule has 2 aliphatic heterocycles. The number of pyridine rings is 1. The highest BCUT2D eigenvalue weighted by Gasteiger charge is 2.41. The van der Waals surface area contributed by atoms with Crippen LogP contribution in [0.1, 0.15) is 42.5 Å². The summed E-state index contributed by atoms with van der Waals surface area (Å²) in [6.07, 6.45) is 4.53. The second-order valence-electron chi connectivity index (χ2n) is 8.16. The van der Waals surface area contributed by atoms with Crippen LogP contribution in [0.4, 0.5) is 10.5 Å². The Labute approximate surface area is 173 Å². The molecule has 0 bridgehead atoms. The fourth-order valence-electron chi connectivity index (χ4n) is 4.68. The molecular formula is C24H29N3O2. The lowest BCUT2D eigenvalue weighted by Gasteiger charge is -2.30. The standard InChI is InChI=1S/C24H29N3O2/c1-17(2)29-24(28)26-13-6-8-22-21(16-26)20-15-18(3)9-10-23(20)27(22)14-11-19-7-4-5-12-25-19/h4-5,7,9-10,12,15,21-22H,1,6,8,11,13-14,16H2,2-3H3/t21-,22-/m0/s1. The van der Waals surface area contributed by atoms with Crippen LogP contribution >= 0.6 is 0 Å². The summed E-state index contributed by atoms with van der Waals surface area (Å²) in [5.74, 6) is 0.740. The number of aryl methyl sites for hydroxylation is 1. The van der Waals surface area contributed by atoms with E-state index in [9.17, 15) is 4.79 Å². The summed E-state index contributed by atoms with van der Waals surface area (Å²) in [5, 5.41) is 0. The van der Waals surface area contributed by atoms with Crippen LogP contribution in [0, 0.1) is 6.92 Å². The van der Waals surface area contributed by atoms with Crippen LogP contribution in [0.25, 0.3) is 0 Å². The summed E-state index contributed by atoms with van der Waals surface area (Å²) in [5.41, 5.74) is 5.03. The zero-order chi connectivity index (χ0) is 20.4. The van der Waals surface area contributed by atoms with Gasteiger partial charge in [0.15, 0.2) is 0 Å². The Bertz CT molecular complexity index is 896. The van der Waals surface area contributed by atoms with Crippen molar-refractivity contribution in [3.05, 3.63) is 71.8 Å². The predicted octanol–water partition coefficient (Wildman–Crippen LogP) is 4.67. The molecule has 1 saturated heterocycles. The average molecular weight is 392 g/mol. The lowest BCUT2D eigenvalue weighted by atomic mass is 9.92. The van der Waals surface area contributed by atoms with E-state index in [0.717, 1.165) is 38.0 Å². The molecule has 5 nitrogen and oxygen atoms in total. The van der Waals surface area contributed by atoms with Crippen molar-refractivity contribution in [1.29, 1.82) is 0 Å². The van der Waals surface area contributed by atoms with E-state index >= 15 is 0 Å². The van der Waals surface area contributed by atoms with Gasteiger partial charge in [0, 0.05) is 55.6 Å². The number of ether oxygens (including phenoxy) is 1. The third-order valence-corrected chi connectivity index (χ3v) is 5.96. The summed E-state index contributed by atoms with van der Waals surface area (Å²) >= 11 is 0. The first-order chi connectivity index (χ1) is 14.0. The van der Waals surface area contributed by atoms with Crippen LogP contribution in [-0.2, 0) is 11.2 Å². The number of hydrogen-bond donors (Lipinski definition) is 0. The molecule has 152 valence electrons. The number of hydrogen-bond acceptors (Lipinski definition) is 4. The Kier molecular flexibility index (Phi) is 5.56. The number of rotatable bonds is 4. The van der Waals surface area contributed by atoms with Gasteiger partial charge in [-0.2, -0.15) is 0 Å². The molecule has 1 aromatic heterocycles. The molecule has 1 fully saturated rings. The minimum Gasteiger partial charge on any atom is -0.416 e. The van der Waals surface area contributed by atoms with Gasteiger partial charge in [-0.1, -0.05) is 30.3 Å². The number of likely N-dealkylation sites (tertiary alicyclic amines) is 1. The zero-order valence-electron chi connectivity index (χ0n) is 17.3. The molecule has 1 aromatic carbocycles. The van der Waals surface area contributed by atoms with Crippen molar-refractivity contribution < 1.29 is 9.53 Å². The van der Waals surface area contributed by atoms with E-state index < -0.39 is 0 Å². The molecular weight excluding hydrogens is 362 g/mol. The summed E-state index contributed by atoms with van der Waals surface area (Å²) in [7, 11) is 0. The molecule has 0 radical (unpaired) electrons. The van der Waals surface area contributed by atoms with Gasteiger partial charge in [0.2, 0.25) is 0 Å². The maximum absolute atomic E-state index is 12.5. The number of allylic oxidation sites excluding steroid dienone is 1. The molecule has 0 aliphatic carbocycles. The van der Waals surface area contributed by atoms with Crippen LogP contribution in [-0.4, -0.2) is 41.7 Å². The van der Waals surface area contributed by atoms with E-state index in [-0.39, 0.29) is 6.09 Å². The molecule has 3 heterocycles. The van der Waals surface area contributed by atoms with Crippen molar-refractivity contribution in [3.8, 4) is 0 Å². The molecule has 4 rings (SSSR count). The van der Waals surface area contributed by atoms with Crippen molar-refractivity contribution in [3.63, 3.8) is 0 Å². The quantitative estimate of drug-likeness (QED) is 0.711. The first kappa shape index (κ1) is 19.5. The fraction of sp³-hybridized carbons (Fsp3) is 0.417. The van der Waals surface area contributed by atoms with Crippen molar-refractivity contribution in [2.45, 2.75) is 45.1 Å². The first-order valence-electron chi connectivity index (χ1n) is 10.4. The highest BCUT2D eigenvalue weighted by molar-refractivity contribution is 5.70. The van der Waals surface area contributed by atoms with E-state index in [2.05, 4.69) is 47.7 Å². The van der Waals surface area contributed by atoms with Crippen LogP contribution in [0.2, 0.25) is 0 Å². The smallest absolute Gasteiger partial charge is 0.414 e. The van der Waals surface area contributed by atoms with E-state index in [1.807, 2.05) is 23.2 Å². The third-order valence-electron chi connectivity index (χ3n) is 5.96. The van der Waals surface area contributed by atoms with Gasteiger partial charge in [0.1, 0.15) is 0 Å². The van der Waals surface area contributed by atoms with E-state index in [1.165, 1.54) is 16.8 Å². The van der Waals surface area contributed by atoms with Gasteiger partial charge in [0.25, 0.3) is 0 Å². The maximum Gasteiger partial charge on any atom is 0.414 e. The molecule has 0 saturated carbocycles. The van der Waals surface area contributed by atoms with Crippen LogP contribution in [0.5, 0.6) is 0 Å². The van der Waals surface area contributed by atoms with Crippen LogP contribution < -0.4 is 4.90 Å². The van der Waals surface area contributed by atoms with Gasteiger partial charge < -0.3 is 14.5 Å². The third kappa shape index (κ3) is 4.14. The van der Waals surface area contributed by atoms with Gasteiger partial charge in [0.05, 0.1) is 5.76 Å². The molecule has 1 amide bonds. The Balaban J connectivity index is 1.59. The summed E-state index contributed by atoms with van der Waals surface area (Å²) in [6, 6.07) is 13.2. The number of carbonyl (C=O) groups excluding carboxylic acids is 1. The van der Waals surface area contributed by atoms with Crippen LogP contribution in [0.15, 0.2) is 54.9 Å². The number of aromatic nitrogens is 1. The Morgan fingerprint density at radius 3 is 2.93 bits per heavy atom. The highest BCUT2D eigenvalue weighted by Crippen LogP contribution is 2.44. The molecule has 2 aliphatic rings. The molecule has 29 heavy (non-hydrogen) atoms. The summed E-state index contributed by atoms with van der Waals surface area (Å²) in [4.78, 5) is 21.4. The minimum absolute atomic E-state index is 0.278. The Hall–Kier alpha value is -2.82. The second kappa shape index (κ2) is 8.27. The number of anilines is 1. The van der Waals surface area contributed by atoms with Crippen LogP contribution in [0.3, 0.4) is 0 Å². The topological polar surface area (TPSA) is 45.7 Å². The van der Waals surface area contributed by atoms with Crippen molar-refractivity contribution in [2.75, 3.05) is 24.5 Å². The Morgan fingerprint density at radius 2 is 2.17 bits per heavy atom. The first-order valence-corrected chi connectivity index (χ1v) is 10.4. The van der Waals surface area contributed by atoms with Crippen molar-refractivity contribution in [2.24, 2.45) is 0 Å². The lowest BCUT2D eigenvalue weighted by molar-refractivity contribution is 0.128. The summed E-state index contributed by atoms with van der Waals surface area (Å²) in [6.45, 7) is 9.91. The second-order valence-corrected chi connectivity index (χ2v) is 8.16. The number of carbonyl (C=O) groups is 1. The number of amides is 1. The molecule has 2 atom stereocenters. The minimum atomic E-state index is -0.278. The maximum atomic E-state index is 12.5. The molecule has 0 N–H and O–H groups in total. The van der Waals surface area contributed by atoms with Gasteiger partial charge in [-0.15, -0.1) is 0 Å². The van der Waals surface area contributed by atoms with Gasteiger partial charge >= 0.3 is 6.09 Å². The predicted molar refractivity (Wildman–Crippen MR) is 115 cm³/mol. The zero-order valence-corrected chi connectivity index (χ0v) is 17.3. The molecule has 0 spiro atoms. The lowest BCUT2D eigenvalue weighted by Crippen LogP contribution is -2.39. The van der Waals surface area contributed by atoms with Crippen molar-refractivity contribution in [1.82, 2.24) is 9.88 Å². The molecule has 0 unspecified atom stereocenters. The number of fused-ring (bicyclic) bond motifs is 3. The van der Waals surface area contributed by atoms with E-state index in [4.69, 9.17) is 4.74 Å². The Morgan fingerprint density at radius 1 is 1.31 bits per heavy atom. The SMILES string of the molecule is C=C(C)OC(=O)N1CCC[C@H]2[C@@H](C1)c1cc(C)ccc1N2CCc1ccccn1. The normalized spacial score (nSPS) is 20.6. The van der Waals surface area contributed by atoms with Gasteiger partial charge in [-0.3, -0.25) is 4.98 Å². The van der Waals surface area contributed by atoms with Crippen molar-refractivity contribution >= 4 is 11.8 Å². The summed E-state index contributed by atoms with van der Waals surface area (Å²) < 4.78 is 5.31.